The van der Waals surface area contributed by atoms with E-state index in [2.05, 4.69) is 6.92 Å². The van der Waals surface area contributed by atoms with Gasteiger partial charge < -0.3 is 11.7 Å². The van der Waals surface area contributed by atoms with Gasteiger partial charge in [-0.15, -0.1) is 0 Å². The average molecular weight is 139 g/mol. The molecule has 0 amide bonds. The van der Waals surface area contributed by atoms with Crippen molar-refractivity contribution in [1.82, 2.24) is 0 Å². The van der Waals surface area contributed by atoms with Crippen molar-refractivity contribution < 1.29 is 24.2 Å². The smallest absolute Gasteiger partial charge is 0.0402 e. The molecular weight excluding hydrogens is 129 g/mol. The van der Waals surface area contributed by atoms with E-state index in [-0.39, 0.29) is 19.5 Å². The van der Waals surface area contributed by atoms with E-state index in [9.17, 15) is 0 Å². The Morgan fingerprint density at radius 2 is 2.17 bits per heavy atom. The van der Waals surface area contributed by atoms with Crippen LogP contribution >= 0.6 is 0 Å². The van der Waals surface area contributed by atoms with Crippen molar-refractivity contribution >= 4 is 0 Å². The summed E-state index contributed by atoms with van der Waals surface area (Å²) in [6, 6.07) is 0. The van der Waals surface area contributed by atoms with Crippen molar-refractivity contribution in [3.05, 3.63) is 6.92 Å². The van der Waals surface area contributed by atoms with E-state index < -0.39 is 0 Å². The molecule has 0 heterocycles. The predicted molar refractivity (Wildman–Crippen MR) is 21.8 cm³/mol. The quantitative estimate of drug-likeness (QED) is 0.406. The minimum atomic E-state index is 0. The molecular formula is C4H9OZn-. The Hall–Kier alpha value is 0.583. The SMILES string of the molecule is [CH2-]COCC.[Zn]. The molecule has 0 aliphatic heterocycles. The Morgan fingerprint density at radius 1 is 1.67 bits per heavy atom. The second-order valence-electron chi connectivity index (χ2n) is 0.697. The molecule has 34 valence electrons. The largest absolute Gasteiger partial charge is 0.414 e. The third-order valence-corrected chi connectivity index (χ3v) is 0.348. The standard InChI is InChI=1S/C4H9O.Zn/c1-3-5-4-2;/h1,3-4H2,2H3;/q-1;. The number of ether oxygens (including phenoxy) is 1. The van der Waals surface area contributed by atoms with E-state index in [1.807, 2.05) is 6.92 Å². The summed E-state index contributed by atoms with van der Waals surface area (Å²) in [5, 5.41) is 0. The first kappa shape index (κ1) is 9.77. The van der Waals surface area contributed by atoms with Crippen molar-refractivity contribution in [3.63, 3.8) is 0 Å². The molecule has 0 N–H and O–H groups in total. The zero-order valence-electron chi connectivity index (χ0n) is 4.24. The van der Waals surface area contributed by atoms with E-state index in [0.29, 0.717) is 6.61 Å². The molecule has 0 aliphatic rings. The fraction of sp³-hybridized carbons (Fsp3) is 0.750. The van der Waals surface area contributed by atoms with Gasteiger partial charge in [0.1, 0.15) is 0 Å². The van der Waals surface area contributed by atoms with Crippen molar-refractivity contribution in [3.8, 4) is 0 Å². The van der Waals surface area contributed by atoms with Crippen LogP contribution in [0.5, 0.6) is 0 Å². The number of hydrogen-bond donors (Lipinski definition) is 0. The van der Waals surface area contributed by atoms with Gasteiger partial charge in [-0.05, 0) is 6.92 Å². The van der Waals surface area contributed by atoms with Gasteiger partial charge in [0.05, 0.1) is 0 Å². The first-order valence-electron chi connectivity index (χ1n) is 1.78. The van der Waals surface area contributed by atoms with Crippen molar-refractivity contribution in [2.24, 2.45) is 0 Å². The first-order valence-corrected chi connectivity index (χ1v) is 1.78. The van der Waals surface area contributed by atoms with Gasteiger partial charge in [0.25, 0.3) is 0 Å². The van der Waals surface area contributed by atoms with Crippen LogP contribution in [0.1, 0.15) is 6.92 Å². The molecule has 1 nitrogen and oxygen atoms in total. The molecule has 0 atom stereocenters. The fourth-order valence-corrected chi connectivity index (χ4v) is 0.144. The van der Waals surface area contributed by atoms with Crippen molar-refractivity contribution in [2.75, 3.05) is 13.2 Å². The van der Waals surface area contributed by atoms with Crippen LogP contribution < -0.4 is 0 Å². The van der Waals surface area contributed by atoms with Gasteiger partial charge in [0.15, 0.2) is 0 Å². The average Bonchev–Trinajstić information content (AvgIpc) is 1.41. The van der Waals surface area contributed by atoms with Crippen LogP contribution in [0.2, 0.25) is 0 Å². The van der Waals surface area contributed by atoms with Gasteiger partial charge in [-0.3, -0.25) is 0 Å². The molecule has 0 fully saturated rings. The topological polar surface area (TPSA) is 9.23 Å². The molecule has 0 aromatic carbocycles. The molecule has 0 saturated carbocycles. The van der Waals surface area contributed by atoms with Gasteiger partial charge in [-0.25, -0.2) is 0 Å². The van der Waals surface area contributed by atoms with Crippen LogP contribution in [0.25, 0.3) is 0 Å². The Labute approximate surface area is 51.8 Å². The third kappa shape index (κ3) is 8.82. The van der Waals surface area contributed by atoms with Crippen LogP contribution in [0.3, 0.4) is 0 Å². The van der Waals surface area contributed by atoms with Crippen LogP contribution in [0.15, 0.2) is 0 Å². The van der Waals surface area contributed by atoms with Crippen molar-refractivity contribution in [1.29, 1.82) is 0 Å². The summed E-state index contributed by atoms with van der Waals surface area (Å²) in [6.45, 7) is 6.78. The van der Waals surface area contributed by atoms with E-state index in [4.69, 9.17) is 4.74 Å². The van der Waals surface area contributed by atoms with Gasteiger partial charge in [0.2, 0.25) is 0 Å². The summed E-state index contributed by atoms with van der Waals surface area (Å²) in [6.07, 6.45) is 0. The molecule has 0 saturated heterocycles. The Morgan fingerprint density at radius 3 is 2.17 bits per heavy atom. The predicted octanol–water partition coefficient (Wildman–Crippen LogP) is 0.854. The van der Waals surface area contributed by atoms with E-state index >= 15 is 0 Å². The number of rotatable bonds is 2. The summed E-state index contributed by atoms with van der Waals surface area (Å²) in [4.78, 5) is 0. The molecule has 0 aromatic rings. The molecule has 0 aliphatic carbocycles. The summed E-state index contributed by atoms with van der Waals surface area (Å²) in [5.41, 5.74) is 0. The minimum Gasteiger partial charge on any atom is -0.414 e. The molecule has 0 spiro atoms. The van der Waals surface area contributed by atoms with E-state index in [0.717, 1.165) is 6.61 Å². The van der Waals surface area contributed by atoms with E-state index in [1.165, 1.54) is 0 Å². The molecule has 6 heavy (non-hydrogen) atoms. The Kier molecular flexibility index (Phi) is 14.9. The summed E-state index contributed by atoms with van der Waals surface area (Å²) < 4.78 is 4.72. The zero-order chi connectivity index (χ0) is 4.12. The van der Waals surface area contributed by atoms with Gasteiger partial charge >= 0.3 is 0 Å². The zero-order valence-corrected chi connectivity index (χ0v) is 7.20. The summed E-state index contributed by atoms with van der Waals surface area (Å²) >= 11 is 0. The third-order valence-electron chi connectivity index (χ3n) is 0.348. The van der Waals surface area contributed by atoms with Gasteiger partial charge in [0, 0.05) is 26.1 Å². The van der Waals surface area contributed by atoms with Crippen LogP contribution in [-0.4, -0.2) is 13.2 Å². The van der Waals surface area contributed by atoms with E-state index in [1.54, 1.807) is 0 Å². The van der Waals surface area contributed by atoms with Gasteiger partial charge in [-0.1, -0.05) is 6.61 Å². The second kappa shape index (κ2) is 9.13. The maximum absolute atomic E-state index is 4.72. The Bertz CT molecular complexity index is 15.0. The fourth-order valence-electron chi connectivity index (χ4n) is 0.144. The number of hydrogen-bond acceptors (Lipinski definition) is 1. The normalized spacial score (nSPS) is 7.00. The molecule has 2 heteroatoms. The van der Waals surface area contributed by atoms with Crippen LogP contribution in [-0.2, 0) is 24.2 Å². The molecule has 0 bridgehead atoms. The monoisotopic (exact) mass is 137 g/mol. The van der Waals surface area contributed by atoms with Crippen LogP contribution in [0.4, 0.5) is 0 Å². The molecule has 0 unspecified atom stereocenters. The molecule has 0 rings (SSSR count). The molecule has 0 radical (unpaired) electrons. The maximum atomic E-state index is 4.72. The van der Waals surface area contributed by atoms with Crippen molar-refractivity contribution in [2.45, 2.75) is 6.92 Å². The summed E-state index contributed by atoms with van der Waals surface area (Å²) in [5.74, 6) is 0. The van der Waals surface area contributed by atoms with Crippen LogP contribution in [0, 0.1) is 6.92 Å². The Balaban J connectivity index is 0. The summed E-state index contributed by atoms with van der Waals surface area (Å²) in [7, 11) is 0. The maximum Gasteiger partial charge on any atom is 0.0402 e. The minimum absolute atomic E-state index is 0. The first-order chi connectivity index (χ1) is 2.41. The molecule has 0 aromatic heterocycles. The van der Waals surface area contributed by atoms with Gasteiger partial charge in [-0.2, -0.15) is 0 Å². The second-order valence-corrected chi connectivity index (χ2v) is 0.697.